The smallest absolute Gasteiger partial charge is 0.406 e. The number of alkyl halides is 3. The van der Waals surface area contributed by atoms with Gasteiger partial charge in [0.25, 0.3) is 15.9 Å². The molecular formula is C18H17F3N4O4S. The van der Waals surface area contributed by atoms with Crippen LogP contribution >= 0.6 is 0 Å². The molecule has 0 saturated heterocycles. The maximum Gasteiger partial charge on any atom is 0.573 e. The van der Waals surface area contributed by atoms with Crippen molar-refractivity contribution in [1.82, 2.24) is 19.8 Å². The van der Waals surface area contributed by atoms with E-state index in [1.54, 1.807) is 6.07 Å². The number of rotatable bonds is 6. The van der Waals surface area contributed by atoms with Crippen molar-refractivity contribution in [2.24, 2.45) is 0 Å². The number of halogens is 3. The molecule has 0 saturated carbocycles. The van der Waals surface area contributed by atoms with Crippen LogP contribution in [0.25, 0.3) is 11.0 Å². The summed E-state index contributed by atoms with van der Waals surface area (Å²) in [6.07, 6.45) is -4.97. The molecular weight excluding hydrogens is 425 g/mol. The van der Waals surface area contributed by atoms with Gasteiger partial charge in [0.05, 0.1) is 15.9 Å². The molecule has 0 aliphatic rings. The van der Waals surface area contributed by atoms with Crippen molar-refractivity contribution in [3.8, 4) is 5.75 Å². The molecule has 8 nitrogen and oxygen atoms in total. The van der Waals surface area contributed by atoms with E-state index in [-0.39, 0.29) is 5.56 Å². The zero-order valence-electron chi connectivity index (χ0n) is 15.8. The molecule has 160 valence electrons. The van der Waals surface area contributed by atoms with Gasteiger partial charge in [0.2, 0.25) is 0 Å². The van der Waals surface area contributed by atoms with Crippen LogP contribution in [0.4, 0.5) is 13.2 Å². The molecule has 3 aromatic rings. The summed E-state index contributed by atoms with van der Waals surface area (Å²) in [7, 11) is -4.34. The molecule has 0 fully saturated rings. The van der Waals surface area contributed by atoms with Crippen LogP contribution in [0.1, 0.15) is 23.1 Å². The number of carbonyl (C=O) groups is 1. The van der Waals surface area contributed by atoms with E-state index in [9.17, 15) is 26.4 Å². The van der Waals surface area contributed by atoms with Crippen molar-refractivity contribution in [3.63, 3.8) is 0 Å². The molecule has 0 spiro atoms. The van der Waals surface area contributed by atoms with Gasteiger partial charge < -0.3 is 9.30 Å². The summed E-state index contributed by atoms with van der Waals surface area (Å²) in [6.45, 7) is 4.48. The van der Waals surface area contributed by atoms with Crippen LogP contribution in [0, 0.1) is 6.92 Å². The van der Waals surface area contributed by atoms with Crippen LogP contribution in [0.5, 0.6) is 5.75 Å². The fourth-order valence-electron chi connectivity index (χ4n) is 2.87. The van der Waals surface area contributed by atoms with Crippen molar-refractivity contribution < 1.29 is 31.1 Å². The largest absolute Gasteiger partial charge is 0.573 e. The van der Waals surface area contributed by atoms with Crippen LogP contribution in [-0.4, -0.2) is 30.2 Å². The number of amides is 1. The van der Waals surface area contributed by atoms with Gasteiger partial charge in [-0.05, 0) is 44.2 Å². The second kappa shape index (κ2) is 7.95. The van der Waals surface area contributed by atoms with Crippen molar-refractivity contribution in [2.75, 3.05) is 0 Å². The SMILES string of the molecule is CCn1c(C)nc2cc(C(=O)NNS(=O)(=O)c3cccc(OC(F)(F)F)c3)ccc21. The summed E-state index contributed by atoms with van der Waals surface area (Å²) in [5.74, 6) is -0.692. The van der Waals surface area contributed by atoms with E-state index in [1.165, 1.54) is 12.1 Å². The summed E-state index contributed by atoms with van der Waals surface area (Å²) in [5.41, 5.74) is 3.58. The highest BCUT2D eigenvalue weighted by Crippen LogP contribution is 2.24. The minimum absolute atomic E-state index is 0.153. The first-order valence-corrected chi connectivity index (χ1v) is 10.1. The second-order valence-corrected chi connectivity index (χ2v) is 7.87. The Morgan fingerprint density at radius 3 is 2.60 bits per heavy atom. The van der Waals surface area contributed by atoms with Gasteiger partial charge in [0.15, 0.2) is 0 Å². The summed E-state index contributed by atoms with van der Waals surface area (Å²) in [4.78, 5) is 18.0. The zero-order chi connectivity index (χ0) is 22.1. The maximum atomic E-state index is 12.3. The highest BCUT2D eigenvalue weighted by molar-refractivity contribution is 7.89. The first-order chi connectivity index (χ1) is 14.0. The van der Waals surface area contributed by atoms with Crippen LogP contribution < -0.4 is 15.0 Å². The Kier molecular flexibility index (Phi) is 5.72. The van der Waals surface area contributed by atoms with Gasteiger partial charge in [-0.3, -0.25) is 10.2 Å². The van der Waals surface area contributed by atoms with E-state index in [0.29, 0.717) is 18.1 Å². The van der Waals surface area contributed by atoms with E-state index in [1.807, 2.05) is 28.7 Å². The first kappa shape index (κ1) is 21.6. The zero-order valence-corrected chi connectivity index (χ0v) is 16.6. The lowest BCUT2D eigenvalue weighted by Crippen LogP contribution is -2.41. The third-order valence-electron chi connectivity index (χ3n) is 4.17. The van der Waals surface area contributed by atoms with Crippen LogP contribution in [0.15, 0.2) is 47.4 Å². The highest BCUT2D eigenvalue weighted by atomic mass is 32.2. The fraction of sp³-hybridized carbons (Fsp3) is 0.222. The van der Waals surface area contributed by atoms with Gasteiger partial charge in [0, 0.05) is 18.2 Å². The standard InChI is InChI=1S/C18H17F3N4O4S/c1-3-25-11(2)22-15-9-12(7-8-16(15)25)17(26)23-24-30(27,28)14-6-4-5-13(10-14)29-18(19,20)21/h4-10,24H,3H2,1-2H3,(H,23,26). The van der Waals surface area contributed by atoms with E-state index in [0.717, 1.165) is 29.5 Å². The Hall–Kier alpha value is -3.12. The number of ether oxygens (including phenoxy) is 1. The number of hydrogen-bond donors (Lipinski definition) is 2. The number of aromatic nitrogens is 2. The topological polar surface area (TPSA) is 102 Å². The van der Waals surface area contributed by atoms with Gasteiger partial charge in [-0.25, -0.2) is 13.4 Å². The van der Waals surface area contributed by atoms with Crippen molar-refractivity contribution in [3.05, 3.63) is 53.9 Å². The Morgan fingerprint density at radius 2 is 1.93 bits per heavy atom. The Labute approximate surface area is 169 Å². The number of fused-ring (bicyclic) bond motifs is 1. The van der Waals surface area contributed by atoms with Crippen molar-refractivity contribution >= 4 is 27.0 Å². The Bertz CT molecular complexity index is 1210. The van der Waals surface area contributed by atoms with E-state index in [2.05, 4.69) is 9.72 Å². The third-order valence-corrected chi connectivity index (χ3v) is 5.41. The number of carbonyl (C=O) groups excluding carboxylic acids is 1. The lowest BCUT2D eigenvalue weighted by atomic mass is 10.2. The molecule has 1 aromatic heterocycles. The van der Waals surface area contributed by atoms with Crippen LogP contribution in [0.2, 0.25) is 0 Å². The van der Waals surface area contributed by atoms with Crippen molar-refractivity contribution in [1.29, 1.82) is 0 Å². The molecule has 2 N–H and O–H groups in total. The summed E-state index contributed by atoms with van der Waals surface area (Å²) < 4.78 is 67.2. The van der Waals surface area contributed by atoms with Gasteiger partial charge in [0.1, 0.15) is 11.6 Å². The van der Waals surface area contributed by atoms with Gasteiger partial charge >= 0.3 is 6.36 Å². The minimum atomic E-state index is -4.97. The lowest BCUT2D eigenvalue weighted by Gasteiger charge is -2.11. The number of sulfonamides is 1. The molecule has 2 aromatic carbocycles. The molecule has 0 unspecified atom stereocenters. The molecule has 12 heteroatoms. The van der Waals surface area contributed by atoms with E-state index < -0.39 is 32.9 Å². The quantitative estimate of drug-likeness (QED) is 0.572. The summed E-state index contributed by atoms with van der Waals surface area (Å²) in [6, 6.07) is 8.50. The molecule has 0 aliphatic carbocycles. The fourth-order valence-corrected chi connectivity index (χ4v) is 3.75. The van der Waals surface area contributed by atoms with Crippen LogP contribution in [0.3, 0.4) is 0 Å². The van der Waals surface area contributed by atoms with Crippen molar-refractivity contribution in [2.45, 2.75) is 31.7 Å². The summed E-state index contributed by atoms with van der Waals surface area (Å²) in [5, 5.41) is 0. The van der Waals surface area contributed by atoms with E-state index in [4.69, 9.17) is 0 Å². The van der Waals surface area contributed by atoms with Gasteiger partial charge in [-0.1, -0.05) is 6.07 Å². The molecule has 0 bridgehead atoms. The number of hydrazine groups is 1. The molecule has 0 radical (unpaired) electrons. The normalized spacial score (nSPS) is 12.2. The first-order valence-electron chi connectivity index (χ1n) is 8.65. The lowest BCUT2D eigenvalue weighted by molar-refractivity contribution is -0.274. The predicted molar refractivity (Wildman–Crippen MR) is 101 cm³/mol. The monoisotopic (exact) mass is 442 g/mol. The second-order valence-electron chi connectivity index (χ2n) is 6.19. The number of nitrogens with one attached hydrogen (secondary N) is 2. The Balaban J connectivity index is 1.75. The molecule has 3 rings (SSSR count). The molecule has 1 heterocycles. The number of nitrogens with zero attached hydrogens (tertiary/aromatic N) is 2. The number of aryl methyl sites for hydroxylation is 2. The average molecular weight is 442 g/mol. The average Bonchev–Trinajstić information content (AvgIpc) is 2.99. The van der Waals surface area contributed by atoms with E-state index >= 15 is 0 Å². The Morgan fingerprint density at radius 1 is 1.20 bits per heavy atom. The molecule has 0 aliphatic heterocycles. The molecule has 1 amide bonds. The molecule has 30 heavy (non-hydrogen) atoms. The predicted octanol–water partition coefficient (Wildman–Crippen LogP) is 2.89. The van der Waals surface area contributed by atoms with Gasteiger partial charge in [-0.15, -0.1) is 18.0 Å². The number of imidazole rings is 1. The van der Waals surface area contributed by atoms with Crippen LogP contribution in [-0.2, 0) is 16.6 Å². The summed E-state index contributed by atoms with van der Waals surface area (Å²) >= 11 is 0. The maximum absolute atomic E-state index is 12.3. The van der Waals surface area contributed by atoms with Gasteiger partial charge in [-0.2, -0.15) is 0 Å². The molecule has 0 atom stereocenters. The third kappa shape index (κ3) is 4.71. The number of hydrogen-bond acceptors (Lipinski definition) is 5. The highest BCUT2D eigenvalue weighted by Gasteiger charge is 2.31. The minimum Gasteiger partial charge on any atom is -0.406 e. The number of benzene rings is 2.